The third-order valence-electron chi connectivity index (χ3n) is 3.99. The van der Waals surface area contributed by atoms with Crippen LogP contribution in [0.5, 0.6) is 5.75 Å². The molecule has 0 fully saturated rings. The molecule has 2 N–H and O–H groups in total. The second kappa shape index (κ2) is 11.3. The molecule has 162 valence electrons. The van der Waals surface area contributed by atoms with Gasteiger partial charge in [0.15, 0.2) is 18.2 Å². The van der Waals surface area contributed by atoms with Gasteiger partial charge in [0, 0.05) is 13.1 Å². The van der Waals surface area contributed by atoms with Gasteiger partial charge in [-0.3, -0.25) is 9.59 Å². The Morgan fingerprint density at radius 2 is 1.80 bits per heavy atom. The van der Waals surface area contributed by atoms with Crippen molar-refractivity contribution in [2.24, 2.45) is 0 Å². The maximum atomic E-state index is 14.2. The first-order chi connectivity index (χ1) is 14.3. The number of carbonyl (C=O) groups is 2. The van der Waals surface area contributed by atoms with E-state index in [0.29, 0.717) is 5.56 Å². The lowest BCUT2D eigenvalue weighted by Gasteiger charge is -2.10. The summed E-state index contributed by atoms with van der Waals surface area (Å²) in [5.74, 6) is -1.73. The molecule has 0 heterocycles. The van der Waals surface area contributed by atoms with E-state index in [1.54, 1.807) is 24.3 Å². The molecule has 0 unspecified atom stereocenters. The molecule has 0 spiro atoms. The minimum Gasteiger partial charge on any atom is -0.481 e. The van der Waals surface area contributed by atoms with Crippen LogP contribution >= 0.6 is 0 Å². The molecule has 0 saturated carbocycles. The molecule has 0 aliphatic carbocycles. The van der Waals surface area contributed by atoms with E-state index in [9.17, 15) is 22.4 Å². The van der Waals surface area contributed by atoms with E-state index in [1.165, 1.54) is 31.4 Å². The van der Waals surface area contributed by atoms with Crippen LogP contribution in [0.25, 0.3) is 0 Å². The summed E-state index contributed by atoms with van der Waals surface area (Å²) in [6, 6.07) is 12.1. The number of hydrogen-bond donors (Lipinski definition) is 2. The van der Waals surface area contributed by atoms with Crippen LogP contribution in [0, 0.1) is 5.82 Å². The molecule has 2 rings (SSSR count). The van der Waals surface area contributed by atoms with Crippen molar-refractivity contribution in [1.29, 1.82) is 0 Å². The fraction of sp³-hybridized carbons (Fsp3) is 0.300. The molecular formula is C20H23FN2O6S. The van der Waals surface area contributed by atoms with Crippen LogP contribution in [-0.4, -0.2) is 47.1 Å². The quantitative estimate of drug-likeness (QED) is 0.513. The Balaban J connectivity index is 1.79. The minimum atomic E-state index is -3.62. The van der Waals surface area contributed by atoms with E-state index in [2.05, 4.69) is 14.8 Å². The molecule has 1 amide bonds. The number of sulfonamides is 1. The Labute approximate surface area is 174 Å². The van der Waals surface area contributed by atoms with Gasteiger partial charge >= 0.3 is 5.97 Å². The van der Waals surface area contributed by atoms with Gasteiger partial charge < -0.3 is 14.8 Å². The molecule has 0 aliphatic heterocycles. The van der Waals surface area contributed by atoms with Crippen LogP contribution in [0.15, 0.2) is 53.4 Å². The number of rotatable bonds is 11. The topological polar surface area (TPSA) is 111 Å². The van der Waals surface area contributed by atoms with Crippen molar-refractivity contribution in [2.75, 3.05) is 26.8 Å². The number of esters is 1. The predicted molar refractivity (Wildman–Crippen MR) is 107 cm³/mol. The summed E-state index contributed by atoms with van der Waals surface area (Å²) >= 11 is 0. The Kier molecular flexibility index (Phi) is 8.75. The summed E-state index contributed by atoms with van der Waals surface area (Å²) in [5.41, 5.74) is 0.568. The number of halogens is 1. The van der Waals surface area contributed by atoms with Crippen molar-refractivity contribution in [3.8, 4) is 5.75 Å². The van der Waals surface area contributed by atoms with Gasteiger partial charge in [0.05, 0.1) is 18.4 Å². The summed E-state index contributed by atoms with van der Waals surface area (Å²) in [7, 11) is -2.38. The van der Waals surface area contributed by atoms with E-state index in [1.807, 2.05) is 0 Å². The van der Waals surface area contributed by atoms with Crippen molar-refractivity contribution >= 4 is 21.9 Å². The second-order valence-electron chi connectivity index (χ2n) is 6.19. The number of amides is 1. The normalized spacial score (nSPS) is 11.0. The van der Waals surface area contributed by atoms with Crippen LogP contribution in [0.4, 0.5) is 4.39 Å². The molecule has 0 bridgehead atoms. The fourth-order valence-electron chi connectivity index (χ4n) is 2.43. The van der Waals surface area contributed by atoms with Gasteiger partial charge in [-0.05, 0) is 36.2 Å². The third-order valence-corrected chi connectivity index (χ3v) is 5.47. The summed E-state index contributed by atoms with van der Waals surface area (Å²) in [4.78, 5) is 22.8. The molecule has 2 aromatic rings. The molecule has 30 heavy (non-hydrogen) atoms. The highest BCUT2D eigenvalue weighted by Gasteiger charge is 2.13. The number of carbonyl (C=O) groups excluding carboxylic acids is 2. The average molecular weight is 438 g/mol. The predicted octanol–water partition coefficient (Wildman–Crippen LogP) is 1.40. The number of methoxy groups -OCH3 is 1. The zero-order valence-corrected chi connectivity index (χ0v) is 17.2. The number of nitrogens with one attached hydrogen (secondary N) is 2. The van der Waals surface area contributed by atoms with Crippen molar-refractivity contribution in [3.63, 3.8) is 0 Å². The lowest BCUT2D eigenvalue weighted by Crippen LogP contribution is -2.31. The lowest BCUT2D eigenvalue weighted by molar-refractivity contribution is -0.140. The van der Waals surface area contributed by atoms with Crippen LogP contribution < -0.4 is 14.8 Å². The van der Waals surface area contributed by atoms with Gasteiger partial charge in [-0.25, -0.2) is 17.5 Å². The first-order valence-electron chi connectivity index (χ1n) is 9.11. The summed E-state index contributed by atoms with van der Waals surface area (Å²) in [6.07, 6.45) is 0.302. The molecule has 0 saturated heterocycles. The minimum absolute atomic E-state index is 0.0271. The zero-order chi connectivity index (χ0) is 22.0. The molecule has 0 radical (unpaired) electrons. The smallest absolute Gasteiger partial charge is 0.307 e. The highest BCUT2D eigenvalue weighted by molar-refractivity contribution is 7.89. The average Bonchev–Trinajstić information content (AvgIpc) is 2.73. The zero-order valence-electron chi connectivity index (χ0n) is 16.4. The standard InChI is InChI=1S/C20H23FN2O6S/c1-28-20(25)10-11-22-19(24)14-29-18-8-7-15(13-17(18)21)9-12-23-30(26,27)16-5-3-2-4-6-16/h2-8,13,23H,9-12,14H2,1H3,(H,22,24). The van der Waals surface area contributed by atoms with Gasteiger partial charge in [0.2, 0.25) is 10.0 Å². The monoisotopic (exact) mass is 438 g/mol. The maximum absolute atomic E-state index is 14.2. The van der Waals surface area contributed by atoms with Crippen molar-refractivity contribution < 1.29 is 31.9 Å². The second-order valence-corrected chi connectivity index (χ2v) is 7.96. The van der Waals surface area contributed by atoms with Crippen molar-refractivity contribution in [2.45, 2.75) is 17.7 Å². The van der Waals surface area contributed by atoms with Crippen LogP contribution in [-0.2, 0) is 30.8 Å². The van der Waals surface area contributed by atoms with Gasteiger partial charge in [-0.15, -0.1) is 0 Å². The van der Waals surface area contributed by atoms with Gasteiger partial charge in [0.1, 0.15) is 0 Å². The van der Waals surface area contributed by atoms with E-state index >= 15 is 0 Å². The Hall–Kier alpha value is -2.98. The summed E-state index contributed by atoms with van der Waals surface area (Å²) in [6.45, 7) is -0.219. The highest BCUT2D eigenvalue weighted by atomic mass is 32.2. The molecule has 10 heteroatoms. The van der Waals surface area contributed by atoms with E-state index < -0.39 is 34.3 Å². The van der Waals surface area contributed by atoms with Crippen molar-refractivity contribution in [1.82, 2.24) is 10.0 Å². The first kappa shape index (κ1) is 23.3. The van der Waals surface area contributed by atoms with Gasteiger partial charge in [-0.1, -0.05) is 24.3 Å². The molecule has 0 atom stereocenters. The van der Waals surface area contributed by atoms with E-state index in [4.69, 9.17) is 4.74 Å². The molecule has 0 aromatic heterocycles. The van der Waals surface area contributed by atoms with Crippen LogP contribution in [0.2, 0.25) is 0 Å². The van der Waals surface area contributed by atoms with E-state index in [0.717, 1.165) is 0 Å². The van der Waals surface area contributed by atoms with Crippen LogP contribution in [0.3, 0.4) is 0 Å². The largest absolute Gasteiger partial charge is 0.481 e. The lowest BCUT2D eigenvalue weighted by atomic mass is 10.1. The SMILES string of the molecule is COC(=O)CCNC(=O)COc1ccc(CCNS(=O)(=O)c2ccccc2)cc1F. The number of hydrogen-bond acceptors (Lipinski definition) is 6. The molecule has 0 aliphatic rings. The van der Waals surface area contributed by atoms with E-state index in [-0.39, 0.29) is 36.6 Å². The summed E-state index contributed by atoms with van der Waals surface area (Å²) < 4.78 is 50.5. The number of ether oxygens (including phenoxy) is 2. The highest BCUT2D eigenvalue weighted by Crippen LogP contribution is 2.18. The van der Waals surface area contributed by atoms with Gasteiger partial charge in [-0.2, -0.15) is 0 Å². The maximum Gasteiger partial charge on any atom is 0.307 e. The third kappa shape index (κ3) is 7.45. The Morgan fingerprint density at radius 3 is 2.47 bits per heavy atom. The molecule has 8 nitrogen and oxygen atoms in total. The number of benzene rings is 2. The Bertz CT molecular complexity index is 967. The summed E-state index contributed by atoms with van der Waals surface area (Å²) in [5, 5.41) is 2.45. The van der Waals surface area contributed by atoms with Crippen LogP contribution in [0.1, 0.15) is 12.0 Å². The van der Waals surface area contributed by atoms with Gasteiger partial charge in [0.25, 0.3) is 5.91 Å². The fourth-order valence-corrected chi connectivity index (χ4v) is 3.48. The van der Waals surface area contributed by atoms with Crippen molar-refractivity contribution in [3.05, 3.63) is 59.9 Å². The molecule has 2 aromatic carbocycles. The first-order valence-corrected chi connectivity index (χ1v) is 10.6. The molecular weight excluding hydrogens is 415 g/mol. The Morgan fingerprint density at radius 1 is 1.07 bits per heavy atom.